The van der Waals surface area contributed by atoms with Crippen molar-refractivity contribution in [1.29, 1.82) is 0 Å². The first-order valence-electron chi connectivity index (χ1n) is 14.2. The topological polar surface area (TPSA) is 46.6 Å². The summed E-state index contributed by atoms with van der Waals surface area (Å²) in [5, 5.41) is 0. The fraction of sp³-hybridized carbons (Fsp3) is 0.243. The molecule has 3 aromatic rings. The van der Waals surface area contributed by atoms with Crippen molar-refractivity contribution in [3.05, 3.63) is 136 Å². The Kier molecular flexibility index (Phi) is 6.45. The van der Waals surface area contributed by atoms with Crippen molar-refractivity contribution in [2.24, 2.45) is 5.41 Å². The second kappa shape index (κ2) is 9.88. The van der Waals surface area contributed by atoms with Crippen LogP contribution < -0.4 is 4.90 Å². The number of allylic oxidation sites excluding steroid dienone is 6. The van der Waals surface area contributed by atoms with Crippen LogP contribution in [0.5, 0.6) is 0 Å². The summed E-state index contributed by atoms with van der Waals surface area (Å²) < 4.78 is 6.31. The summed E-state index contributed by atoms with van der Waals surface area (Å²) in [6.45, 7) is 11.8. The molecule has 0 saturated heterocycles. The predicted molar refractivity (Wildman–Crippen MR) is 165 cm³/mol. The molecule has 0 bridgehead atoms. The molecule has 206 valence electrons. The van der Waals surface area contributed by atoms with E-state index >= 15 is 0 Å². The van der Waals surface area contributed by atoms with Gasteiger partial charge in [-0.2, -0.15) is 0 Å². The van der Waals surface area contributed by atoms with Crippen molar-refractivity contribution in [3.8, 4) is 0 Å². The highest BCUT2D eigenvalue weighted by molar-refractivity contribution is 6.40. The zero-order valence-corrected chi connectivity index (χ0v) is 24.3. The maximum atomic E-state index is 13.3. The van der Waals surface area contributed by atoms with Crippen molar-refractivity contribution < 1.29 is 14.3 Å². The van der Waals surface area contributed by atoms with Gasteiger partial charge in [-0.25, -0.2) is 0 Å². The highest BCUT2D eigenvalue weighted by Crippen LogP contribution is 2.43. The van der Waals surface area contributed by atoms with Crippen LogP contribution in [0.1, 0.15) is 72.9 Å². The molecule has 0 saturated carbocycles. The molecule has 2 heterocycles. The minimum atomic E-state index is -0.312. The maximum absolute atomic E-state index is 13.3. The van der Waals surface area contributed by atoms with Gasteiger partial charge in [-0.15, -0.1) is 0 Å². The number of rotatable bonds is 3. The van der Waals surface area contributed by atoms with Gasteiger partial charge in [-0.3, -0.25) is 9.59 Å². The molecule has 0 unspecified atom stereocenters. The summed E-state index contributed by atoms with van der Waals surface area (Å²) in [5.74, 6) is 0.848. The number of anilines is 2. The molecule has 4 heteroatoms. The number of benzene rings is 3. The van der Waals surface area contributed by atoms with Crippen LogP contribution >= 0.6 is 0 Å². The summed E-state index contributed by atoms with van der Waals surface area (Å²) in [5.41, 5.74) is 6.28. The minimum Gasteiger partial charge on any atom is -0.461 e. The lowest BCUT2D eigenvalue weighted by Gasteiger charge is -2.40. The number of carbonyl (C=O) groups excluding carboxylic acids is 2. The third-order valence-electron chi connectivity index (χ3n) is 8.22. The molecule has 2 aliphatic heterocycles. The van der Waals surface area contributed by atoms with E-state index in [-0.39, 0.29) is 28.0 Å². The van der Waals surface area contributed by atoms with Gasteiger partial charge in [-0.05, 0) is 71.0 Å². The summed E-state index contributed by atoms with van der Waals surface area (Å²) >= 11 is 0. The van der Waals surface area contributed by atoms with Gasteiger partial charge in [0.25, 0.3) is 0 Å². The number of fused-ring (bicyclic) bond motifs is 2. The van der Waals surface area contributed by atoms with Crippen molar-refractivity contribution in [2.75, 3.05) is 11.4 Å². The summed E-state index contributed by atoms with van der Waals surface area (Å²) in [6.07, 6.45) is 8.68. The summed E-state index contributed by atoms with van der Waals surface area (Å²) in [4.78, 5) is 28.9. The number of ketones is 2. The second-order valence-corrected chi connectivity index (χ2v) is 12.7. The summed E-state index contributed by atoms with van der Waals surface area (Å²) in [7, 11) is 0. The van der Waals surface area contributed by atoms with Crippen LogP contribution in [0.4, 0.5) is 11.4 Å². The number of nitrogens with zero attached hydrogens (tertiary/aromatic N) is 1. The normalized spacial score (nSPS) is 18.2. The number of ether oxygens (including phenoxy) is 1. The number of hydrogen-bond acceptors (Lipinski definition) is 4. The van der Waals surface area contributed by atoms with Gasteiger partial charge < -0.3 is 9.64 Å². The molecule has 3 aliphatic rings. The number of hydrogen-bond donors (Lipinski definition) is 0. The molecular formula is C37H35NO3. The lowest BCUT2D eigenvalue weighted by atomic mass is 9.77. The predicted octanol–water partition coefficient (Wildman–Crippen LogP) is 8.74. The van der Waals surface area contributed by atoms with Crippen molar-refractivity contribution in [3.63, 3.8) is 0 Å². The van der Waals surface area contributed by atoms with Gasteiger partial charge >= 0.3 is 0 Å². The standard InChI is InChI=1S/C37H35NO3/c1-36(2,3)32-23-25(33-34(39)28-13-9-10-14-29(28)35(33)40)22-27(41-32)17-15-24-16-18-31-30(21-24)37(4,5)19-20-38(31)26-11-7-6-8-12-26/h6-18,21-23H,19-20H2,1-5H3/b17-15+. The quantitative estimate of drug-likeness (QED) is 0.246. The van der Waals surface area contributed by atoms with Gasteiger partial charge in [-0.1, -0.05) is 89.2 Å². The zero-order chi connectivity index (χ0) is 28.9. The third-order valence-corrected chi connectivity index (χ3v) is 8.22. The van der Waals surface area contributed by atoms with Gasteiger partial charge in [0, 0.05) is 34.5 Å². The van der Waals surface area contributed by atoms with Crippen LogP contribution in [0.2, 0.25) is 0 Å². The number of para-hydroxylation sites is 1. The lowest BCUT2D eigenvalue weighted by Crippen LogP contribution is -2.34. The largest absolute Gasteiger partial charge is 0.461 e. The van der Waals surface area contributed by atoms with E-state index in [0.29, 0.717) is 28.2 Å². The van der Waals surface area contributed by atoms with Crippen molar-refractivity contribution in [1.82, 2.24) is 0 Å². The maximum Gasteiger partial charge on any atom is 0.198 e. The van der Waals surface area contributed by atoms with E-state index in [1.165, 1.54) is 16.9 Å². The van der Waals surface area contributed by atoms with Crippen molar-refractivity contribution in [2.45, 2.75) is 46.5 Å². The molecule has 4 nitrogen and oxygen atoms in total. The molecule has 0 spiro atoms. The van der Waals surface area contributed by atoms with E-state index in [1.807, 2.05) is 30.4 Å². The highest BCUT2D eigenvalue weighted by atomic mass is 16.5. The summed E-state index contributed by atoms with van der Waals surface area (Å²) in [6, 6.07) is 24.2. The van der Waals surface area contributed by atoms with E-state index in [0.717, 1.165) is 18.5 Å². The van der Waals surface area contributed by atoms with Gasteiger partial charge in [0.05, 0.1) is 5.57 Å². The molecule has 6 rings (SSSR count). The molecule has 0 N–H and O–H groups in total. The smallest absolute Gasteiger partial charge is 0.198 e. The molecule has 0 amide bonds. The average molecular weight is 542 g/mol. The Morgan fingerprint density at radius 3 is 2.15 bits per heavy atom. The highest BCUT2D eigenvalue weighted by Gasteiger charge is 2.36. The Morgan fingerprint density at radius 2 is 1.49 bits per heavy atom. The van der Waals surface area contributed by atoms with E-state index in [9.17, 15) is 9.59 Å². The van der Waals surface area contributed by atoms with Crippen LogP contribution in [0.3, 0.4) is 0 Å². The Hall–Kier alpha value is -4.44. The third kappa shape index (κ3) is 4.88. The van der Waals surface area contributed by atoms with Crippen LogP contribution in [-0.2, 0) is 10.2 Å². The molecule has 41 heavy (non-hydrogen) atoms. The molecule has 0 fully saturated rings. The first-order chi connectivity index (χ1) is 19.5. The Morgan fingerprint density at radius 1 is 0.829 bits per heavy atom. The van der Waals surface area contributed by atoms with E-state index < -0.39 is 0 Å². The molecule has 3 aromatic carbocycles. The van der Waals surface area contributed by atoms with Crippen LogP contribution in [-0.4, -0.2) is 18.1 Å². The monoisotopic (exact) mass is 541 g/mol. The zero-order valence-electron chi connectivity index (χ0n) is 24.3. The molecule has 0 aromatic heterocycles. The van der Waals surface area contributed by atoms with Crippen molar-refractivity contribution >= 4 is 29.0 Å². The molecule has 0 radical (unpaired) electrons. The molecular weight excluding hydrogens is 506 g/mol. The first kappa shape index (κ1) is 26.8. The number of carbonyl (C=O) groups is 2. The lowest BCUT2D eigenvalue weighted by molar-refractivity contribution is 0.0987. The fourth-order valence-electron chi connectivity index (χ4n) is 5.77. The van der Waals surface area contributed by atoms with Gasteiger partial charge in [0.15, 0.2) is 11.6 Å². The van der Waals surface area contributed by atoms with Gasteiger partial charge in [0.2, 0.25) is 0 Å². The Bertz CT molecular complexity index is 1660. The molecule has 0 atom stereocenters. The van der Waals surface area contributed by atoms with Crippen LogP contribution in [0.15, 0.2) is 114 Å². The first-order valence-corrected chi connectivity index (χ1v) is 14.2. The van der Waals surface area contributed by atoms with Crippen LogP contribution in [0.25, 0.3) is 6.08 Å². The van der Waals surface area contributed by atoms with Gasteiger partial charge in [0.1, 0.15) is 11.5 Å². The minimum absolute atomic E-state index is 0.0446. The second-order valence-electron chi connectivity index (χ2n) is 12.7. The van der Waals surface area contributed by atoms with E-state index in [2.05, 4.69) is 82.0 Å². The molecule has 1 aliphatic carbocycles. The fourth-order valence-corrected chi connectivity index (χ4v) is 5.77. The average Bonchev–Trinajstić information content (AvgIpc) is 3.21. The Labute approximate surface area is 242 Å². The van der Waals surface area contributed by atoms with Crippen LogP contribution in [0, 0.1) is 5.41 Å². The number of Topliss-reactive ketones (excluding diaryl/α,β-unsaturated/α-hetero) is 2. The van der Waals surface area contributed by atoms with E-state index in [4.69, 9.17) is 4.74 Å². The van der Waals surface area contributed by atoms with E-state index in [1.54, 1.807) is 24.3 Å². The SMILES string of the molecule is CC(C)(C)C1=CC(=C2C(=O)c3ccccc3C2=O)C=C(/C=C/c2ccc3c(c2)C(C)(C)CCN3c2ccccc2)O1. The Balaban J connectivity index is 1.37.